The van der Waals surface area contributed by atoms with Crippen LogP contribution < -0.4 is 5.32 Å². The molecule has 4 rings (SSSR count). The number of aryl methyl sites for hydroxylation is 1. The van der Waals surface area contributed by atoms with Gasteiger partial charge in [0.25, 0.3) is 5.91 Å². The molecule has 1 saturated carbocycles. The lowest BCUT2D eigenvalue weighted by Gasteiger charge is -2.27. The topological polar surface area (TPSA) is 37.3 Å². The largest absolute Gasteiger partial charge is 0.350 e. The van der Waals surface area contributed by atoms with Gasteiger partial charge in [0.15, 0.2) is 0 Å². The third kappa shape index (κ3) is 4.12. The highest BCUT2D eigenvalue weighted by atomic mass is 16.1. The number of hydrogen-bond acceptors (Lipinski definition) is 2. The van der Waals surface area contributed by atoms with E-state index in [9.17, 15) is 4.79 Å². The molecule has 4 heteroatoms. The van der Waals surface area contributed by atoms with Crippen LogP contribution in [0.2, 0.25) is 0 Å². The molecule has 1 aromatic heterocycles. The van der Waals surface area contributed by atoms with Crippen molar-refractivity contribution in [1.82, 2.24) is 14.8 Å². The van der Waals surface area contributed by atoms with E-state index < -0.39 is 0 Å². The molecule has 2 fully saturated rings. The highest BCUT2D eigenvalue weighted by Gasteiger charge is 2.25. The molecule has 0 spiro atoms. The quantitative estimate of drug-likeness (QED) is 0.768. The molecular formula is C24H35N3O. The molecule has 4 nitrogen and oxygen atoms in total. The maximum atomic E-state index is 13.3. The summed E-state index contributed by atoms with van der Waals surface area (Å²) >= 11 is 0. The summed E-state index contributed by atoms with van der Waals surface area (Å²) in [6, 6.07) is 8.55. The minimum atomic E-state index is 0.121. The fourth-order valence-corrected chi connectivity index (χ4v) is 5.18. The van der Waals surface area contributed by atoms with Gasteiger partial charge in [-0.15, -0.1) is 0 Å². The average molecular weight is 382 g/mol. The molecule has 1 saturated heterocycles. The number of fused-ring (bicyclic) bond motifs is 1. The maximum absolute atomic E-state index is 13.3. The number of carbonyl (C=O) groups excluding carboxylic acids is 1. The number of amides is 1. The standard InChI is InChI=1S/C24H35N3O/c1-2-27-22-14-8-7-13-20(22)21(18-26-15-9-4-10-16-26)23(27)24(28)25-17-19-11-5-3-6-12-19/h7-8,13-14,19H,2-6,9-12,15-18H2,1H3,(H,25,28). The first-order valence-electron chi connectivity index (χ1n) is 11.4. The van der Waals surface area contributed by atoms with Crippen LogP contribution in [0, 0.1) is 5.92 Å². The van der Waals surface area contributed by atoms with Crippen LogP contribution in [-0.2, 0) is 13.1 Å². The van der Waals surface area contributed by atoms with Crippen molar-refractivity contribution >= 4 is 16.8 Å². The molecule has 1 aliphatic carbocycles. The second-order valence-electron chi connectivity index (χ2n) is 8.64. The highest BCUT2D eigenvalue weighted by molar-refractivity contribution is 6.01. The number of nitrogens with zero attached hydrogens (tertiary/aromatic N) is 2. The molecule has 0 radical (unpaired) electrons. The Morgan fingerprint density at radius 2 is 1.75 bits per heavy atom. The minimum Gasteiger partial charge on any atom is -0.350 e. The lowest BCUT2D eigenvalue weighted by atomic mass is 9.89. The first-order chi connectivity index (χ1) is 13.8. The van der Waals surface area contributed by atoms with E-state index in [1.54, 1.807) is 0 Å². The Kier molecular flexibility index (Phi) is 6.36. The second kappa shape index (κ2) is 9.13. The van der Waals surface area contributed by atoms with E-state index in [1.807, 2.05) is 0 Å². The average Bonchev–Trinajstić information content (AvgIpc) is 3.07. The molecule has 0 bridgehead atoms. The van der Waals surface area contributed by atoms with Crippen LogP contribution >= 0.6 is 0 Å². The van der Waals surface area contributed by atoms with Crippen molar-refractivity contribution < 1.29 is 4.79 Å². The van der Waals surface area contributed by atoms with Gasteiger partial charge in [-0.3, -0.25) is 9.69 Å². The molecule has 1 N–H and O–H groups in total. The van der Waals surface area contributed by atoms with E-state index >= 15 is 0 Å². The van der Waals surface area contributed by atoms with Gasteiger partial charge in [-0.1, -0.05) is 43.9 Å². The summed E-state index contributed by atoms with van der Waals surface area (Å²) in [5, 5.41) is 4.55. The number of benzene rings is 1. The van der Waals surface area contributed by atoms with Crippen molar-refractivity contribution in [2.24, 2.45) is 5.92 Å². The number of carbonyl (C=O) groups is 1. The first kappa shape index (κ1) is 19.5. The van der Waals surface area contributed by atoms with Gasteiger partial charge < -0.3 is 9.88 Å². The van der Waals surface area contributed by atoms with Gasteiger partial charge >= 0.3 is 0 Å². The number of rotatable bonds is 6. The van der Waals surface area contributed by atoms with Crippen LogP contribution in [0.25, 0.3) is 10.9 Å². The molecule has 1 amide bonds. The number of nitrogens with one attached hydrogen (secondary N) is 1. The third-order valence-corrected chi connectivity index (χ3v) is 6.71. The van der Waals surface area contributed by atoms with Crippen molar-refractivity contribution in [2.75, 3.05) is 19.6 Å². The Labute approximate surface area is 169 Å². The van der Waals surface area contributed by atoms with Gasteiger partial charge in [-0.2, -0.15) is 0 Å². The molecule has 0 atom stereocenters. The number of aromatic nitrogens is 1. The Balaban J connectivity index is 1.62. The fraction of sp³-hybridized carbons (Fsp3) is 0.625. The Bertz CT molecular complexity index is 798. The lowest BCUT2D eigenvalue weighted by molar-refractivity contribution is 0.0932. The van der Waals surface area contributed by atoms with Crippen molar-refractivity contribution in [2.45, 2.75) is 71.4 Å². The summed E-state index contributed by atoms with van der Waals surface area (Å²) in [4.78, 5) is 15.9. The summed E-state index contributed by atoms with van der Waals surface area (Å²) < 4.78 is 2.23. The first-order valence-corrected chi connectivity index (χ1v) is 11.4. The van der Waals surface area contributed by atoms with E-state index in [-0.39, 0.29) is 5.91 Å². The monoisotopic (exact) mass is 381 g/mol. The van der Waals surface area contributed by atoms with Crippen molar-refractivity contribution in [3.63, 3.8) is 0 Å². The number of likely N-dealkylation sites (tertiary alicyclic amines) is 1. The molecule has 1 aromatic carbocycles. The van der Waals surface area contributed by atoms with Gasteiger partial charge in [0, 0.05) is 36.1 Å². The molecule has 1 aliphatic heterocycles. The van der Waals surface area contributed by atoms with Gasteiger partial charge in [0.05, 0.1) is 0 Å². The molecule has 152 valence electrons. The minimum absolute atomic E-state index is 0.121. The lowest BCUT2D eigenvalue weighted by Crippen LogP contribution is -2.34. The van der Waals surface area contributed by atoms with Gasteiger partial charge in [0.2, 0.25) is 0 Å². The Morgan fingerprint density at radius 1 is 1.04 bits per heavy atom. The zero-order valence-electron chi connectivity index (χ0n) is 17.4. The predicted molar refractivity (Wildman–Crippen MR) is 116 cm³/mol. The van der Waals surface area contributed by atoms with E-state index in [0.717, 1.165) is 38.4 Å². The molecule has 2 aliphatic rings. The zero-order valence-corrected chi connectivity index (χ0v) is 17.4. The van der Waals surface area contributed by atoms with Crippen LogP contribution in [0.4, 0.5) is 0 Å². The second-order valence-corrected chi connectivity index (χ2v) is 8.64. The summed E-state index contributed by atoms with van der Waals surface area (Å²) in [6.45, 7) is 6.98. The van der Waals surface area contributed by atoms with Crippen molar-refractivity contribution in [3.05, 3.63) is 35.5 Å². The molecule has 28 heavy (non-hydrogen) atoms. The molecule has 2 heterocycles. The summed E-state index contributed by atoms with van der Waals surface area (Å²) in [6.07, 6.45) is 10.4. The molecule has 2 aromatic rings. The fourth-order valence-electron chi connectivity index (χ4n) is 5.18. The number of para-hydroxylation sites is 1. The summed E-state index contributed by atoms with van der Waals surface area (Å²) in [5.41, 5.74) is 3.31. The Hall–Kier alpha value is -1.81. The van der Waals surface area contributed by atoms with Crippen LogP contribution in [0.15, 0.2) is 24.3 Å². The Morgan fingerprint density at radius 3 is 2.50 bits per heavy atom. The van der Waals surface area contributed by atoms with Crippen LogP contribution in [0.1, 0.15) is 74.3 Å². The molecule has 0 unspecified atom stereocenters. The normalized spacial score (nSPS) is 19.2. The summed E-state index contributed by atoms with van der Waals surface area (Å²) in [7, 11) is 0. The van der Waals surface area contributed by atoms with Gasteiger partial charge in [0.1, 0.15) is 5.69 Å². The SMILES string of the molecule is CCn1c(C(=O)NCC2CCCCC2)c(CN2CCCCC2)c2ccccc21. The van der Waals surface area contributed by atoms with Crippen LogP contribution in [-0.4, -0.2) is 35.0 Å². The smallest absolute Gasteiger partial charge is 0.268 e. The van der Waals surface area contributed by atoms with Gasteiger partial charge in [-0.05, 0) is 57.7 Å². The molecular weight excluding hydrogens is 346 g/mol. The van der Waals surface area contributed by atoms with Crippen LogP contribution in [0.3, 0.4) is 0 Å². The van der Waals surface area contributed by atoms with Crippen LogP contribution in [0.5, 0.6) is 0 Å². The van der Waals surface area contributed by atoms with E-state index in [1.165, 1.54) is 67.8 Å². The highest BCUT2D eigenvalue weighted by Crippen LogP contribution is 2.29. The van der Waals surface area contributed by atoms with E-state index in [4.69, 9.17) is 0 Å². The summed E-state index contributed by atoms with van der Waals surface area (Å²) in [5.74, 6) is 0.776. The maximum Gasteiger partial charge on any atom is 0.268 e. The third-order valence-electron chi connectivity index (χ3n) is 6.71. The van der Waals surface area contributed by atoms with Gasteiger partial charge in [-0.25, -0.2) is 0 Å². The van der Waals surface area contributed by atoms with Crippen molar-refractivity contribution in [3.8, 4) is 0 Å². The van der Waals surface area contributed by atoms with Crippen molar-refractivity contribution in [1.29, 1.82) is 0 Å². The number of piperidine rings is 1. The van der Waals surface area contributed by atoms with E-state index in [2.05, 4.69) is 46.0 Å². The predicted octanol–water partition coefficient (Wildman–Crippen LogP) is 4.96. The zero-order chi connectivity index (χ0) is 19.3. The number of hydrogen-bond donors (Lipinski definition) is 1. The van der Waals surface area contributed by atoms with E-state index in [0.29, 0.717) is 5.92 Å².